The van der Waals surface area contributed by atoms with Crippen molar-refractivity contribution in [1.82, 2.24) is 0 Å². The molecule has 0 heterocycles. The van der Waals surface area contributed by atoms with Gasteiger partial charge in [0.15, 0.2) is 0 Å². The van der Waals surface area contributed by atoms with E-state index in [-0.39, 0.29) is 11.1 Å². The molecule has 4 heteroatoms. The zero-order chi connectivity index (χ0) is 13.3. The normalized spacial score (nSPS) is 12.5. The van der Waals surface area contributed by atoms with E-state index in [0.29, 0.717) is 0 Å². The van der Waals surface area contributed by atoms with E-state index in [9.17, 15) is 13.2 Å². The molecule has 2 rings (SSSR count). The zero-order valence-electron chi connectivity index (χ0n) is 9.75. The van der Waals surface area contributed by atoms with Crippen molar-refractivity contribution >= 4 is 0 Å². The standard InChI is InChI=1S/C14H12F3N/c1-8-2-3-12(13(17)4-8)14(18)9-5-10(15)7-11(16)6-9/h2-7,14H,18H2,1H3. The van der Waals surface area contributed by atoms with E-state index in [4.69, 9.17) is 5.73 Å². The number of hydrogen-bond donors (Lipinski definition) is 1. The Labute approximate surface area is 103 Å². The predicted molar refractivity (Wildman–Crippen MR) is 63.5 cm³/mol. The molecule has 1 unspecified atom stereocenters. The predicted octanol–water partition coefficient (Wildman–Crippen LogP) is 3.46. The third kappa shape index (κ3) is 2.54. The van der Waals surface area contributed by atoms with Gasteiger partial charge < -0.3 is 5.73 Å². The molecule has 0 bridgehead atoms. The lowest BCUT2D eigenvalue weighted by molar-refractivity contribution is 0.571. The van der Waals surface area contributed by atoms with Crippen molar-refractivity contribution < 1.29 is 13.2 Å². The fourth-order valence-electron chi connectivity index (χ4n) is 1.82. The molecule has 0 saturated heterocycles. The minimum Gasteiger partial charge on any atom is -0.320 e. The van der Waals surface area contributed by atoms with Gasteiger partial charge in [0, 0.05) is 11.6 Å². The zero-order valence-corrected chi connectivity index (χ0v) is 9.75. The molecule has 0 radical (unpaired) electrons. The van der Waals surface area contributed by atoms with Gasteiger partial charge >= 0.3 is 0 Å². The lowest BCUT2D eigenvalue weighted by Gasteiger charge is -2.14. The maximum absolute atomic E-state index is 13.7. The summed E-state index contributed by atoms with van der Waals surface area (Å²) < 4.78 is 39.9. The summed E-state index contributed by atoms with van der Waals surface area (Å²) in [5, 5.41) is 0. The maximum Gasteiger partial charge on any atom is 0.128 e. The van der Waals surface area contributed by atoms with E-state index in [0.717, 1.165) is 23.8 Å². The molecule has 1 atom stereocenters. The van der Waals surface area contributed by atoms with Crippen LogP contribution >= 0.6 is 0 Å². The van der Waals surface area contributed by atoms with Crippen LogP contribution in [0, 0.1) is 24.4 Å². The highest BCUT2D eigenvalue weighted by Crippen LogP contribution is 2.24. The Balaban J connectivity index is 2.44. The Bertz CT molecular complexity index is 561. The summed E-state index contributed by atoms with van der Waals surface area (Å²) in [4.78, 5) is 0. The monoisotopic (exact) mass is 251 g/mol. The van der Waals surface area contributed by atoms with Crippen LogP contribution < -0.4 is 5.73 Å². The molecule has 0 amide bonds. The first kappa shape index (κ1) is 12.6. The van der Waals surface area contributed by atoms with Crippen molar-refractivity contribution in [2.75, 3.05) is 0 Å². The van der Waals surface area contributed by atoms with Crippen LogP contribution in [-0.4, -0.2) is 0 Å². The second kappa shape index (κ2) is 4.82. The van der Waals surface area contributed by atoms with Crippen molar-refractivity contribution in [3.63, 3.8) is 0 Å². The van der Waals surface area contributed by atoms with E-state index in [1.165, 1.54) is 12.1 Å². The maximum atomic E-state index is 13.7. The average Bonchev–Trinajstić information content (AvgIpc) is 2.26. The SMILES string of the molecule is Cc1ccc(C(N)c2cc(F)cc(F)c2)c(F)c1. The van der Waals surface area contributed by atoms with Crippen LogP contribution in [0.15, 0.2) is 36.4 Å². The van der Waals surface area contributed by atoms with Crippen molar-refractivity contribution in [3.8, 4) is 0 Å². The molecule has 0 aromatic heterocycles. The Kier molecular flexibility index (Phi) is 3.39. The molecule has 0 aliphatic rings. The van der Waals surface area contributed by atoms with Crippen LogP contribution in [0.4, 0.5) is 13.2 Å². The second-order valence-corrected chi connectivity index (χ2v) is 4.21. The summed E-state index contributed by atoms with van der Waals surface area (Å²) in [6.07, 6.45) is 0. The molecule has 18 heavy (non-hydrogen) atoms. The van der Waals surface area contributed by atoms with Crippen molar-refractivity contribution in [2.24, 2.45) is 5.73 Å². The highest BCUT2D eigenvalue weighted by molar-refractivity contribution is 5.34. The largest absolute Gasteiger partial charge is 0.320 e. The van der Waals surface area contributed by atoms with Gasteiger partial charge in [0.25, 0.3) is 0 Å². The lowest BCUT2D eigenvalue weighted by atomic mass is 9.98. The molecule has 94 valence electrons. The first-order chi connectivity index (χ1) is 8.47. The van der Waals surface area contributed by atoms with Crippen LogP contribution in [-0.2, 0) is 0 Å². The molecule has 0 saturated carbocycles. The minimum atomic E-state index is -0.893. The van der Waals surface area contributed by atoms with E-state index in [1.54, 1.807) is 13.0 Å². The number of benzene rings is 2. The lowest BCUT2D eigenvalue weighted by Crippen LogP contribution is -2.14. The first-order valence-corrected chi connectivity index (χ1v) is 5.45. The number of nitrogens with two attached hydrogens (primary N) is 1. The summed E-state index contributed by atoms with van der Waals surface area (Å²) in [6, 6.07) is 6.63. The highest BCUT2D eigenvalue weighted by atomic mass is 19.1. The van der Waals surface area contributed by atoms with Crippen LogP contribution in [0.1, 0.15) is 22.7 Å². The van der Waals surface area contributed by atoms with Gasteiger partial charge in [-0.15, -0.1) is 0 Å². The summed E-state index contributed by atoms with van der Waals surface area (Å²) >= 11 is 0. The van der Waals surface area contributed by atoms with Gasteiger partial charge in [-0.3, -0.25) is 0 Å². The van der Waals surface area contributed by atoms with Gasteiger partial charge in [0.2, 0.25) is 0 Å². The van der Waals surface area contributed by atoms with Gasteiger partial charge in [-0.05, 0) is 36.2 Å². The Morgan fingerprint density at radius 1 is 0.944 bits per heavy atom. The number of hydrogen-bond acceptors (Lipinski definition) is 1. The molecular weight excluding hydrogens is 239 g/mol. The molecule has 0 spiro atoms. The van der Waals surface area contributed by atoms with Gasteiger partial charge in [0.05, 0.1) is 6.04 Å². The van der Waals surface area contributed by atoms with Gasteiger partial charge in [-0.2, -0.15) is 0 Å². The number of halogens is 3. The van der Waals surface area contributed by atoms with Crippen LogP contribution in [0.5, 0.6) is 0 Å². The Morgan fingerprint density at radius 3 is 2.11 bits per heavy atom. The molecular formula is C14H12F3N. The van der Waals surface area contributed by atoms with E-state index < -0.39 is 23.5 Å². The third-order valence-corrected chi connectivity index (χ3v) is 2.74. The first-order valence-electron chi connectivity index (χ1n) is 5.45. The molecule has 0 aliphatic heterocycles. The summed E-state index contributed by atoms with van der Waals surface area (Å²) in [6.45, 7) is 1.75. The quantitative estimate of drug-likeness (QED) is 0.869. The van der Waals surface area contributed by atoms with Crippen molar-refractivity contribution in [1.29, 1.82) is 0 Å². The second-order valence-electron chi connectivity index (χ2n) is 4.21. The third-order valence-electron chi connectivity index (χ3n) is 2.74. The van der Waals surface area contributed by atoms with Gasteiger partial charge in [-0.1, -0.05) is 12.1 Å². The summed E-state index contributed by atoms with van der Waals surface area (Å²) in [7, 11) is 0. The molecule has 0 fully saturated rings. The minimum absolute atomic E-state index is 0.204. The Hall–Kier alpha value is -1.81. The van der Waals surface area contributed by atoms with Crippen molar-refractivity contribution in [3.05, 3.63) is 70.5 Å². The number of aryl methyl sites for hydroxylation is 1. The molecule has 1 nitrogen and oxygen atoms in total. The topological polar surface area (TPSA) is 26.0 Å². The average molecular weight is 251 g/mol. The highest BCUT2D eigenvalue weighted by Gasteiger charge is 2.15. The number of rotatable bonds is 2. The van der Waals surface area contributed by atoms with E-state index in [1.807, 2.05) is 0 Å². The van der Waals surface area contributed by atoms with E-state index >= 15 is 0 Å². The molecule has 2 aromatic rings. The fourth-order valence-corrected chi connectivity index (χ4v) is 1.82. The molecule has 0 aliphatic carbocycles. The fraction of sp³-hybridized carbons (Fsp3) is 0.143. The Morgan fingerprint density at radius 2 is 1.56 bits per heavy atom. The van der Waals surface area contributed by atoms with Crippen molar-refractivity contribution in [2.45, 2.75) is 13.0 Å². The van der Waals surface area contributed by atoms with Gasteiger partial charge in [0.1, 0.15) is 17.5 Å². The summed E-state index contributed by atoms with van der Waals surface area (Å²) in [5.74, 6) is -1.94. The van der Waals surface area contributed by atoms with Crippen LogP contribution in [0.3, 0.4) is 0 Å². The molecule has 2 N–H and O–H groups in total. The van der Waals surface area contributed by atoms with Crippen LogP contribution in [0.2, 0.25) is 0 Å². The molecule has 2 aromatic carbocycles. The summed E-state index contributed by atoms with van der Waals surface area (Å²) in [5.41, 5.74) is 7.01. The van der Waals surface area contributed by atoms with Crippen LogP contribution in [0.25, 0.3) is 0 Å². The smallest absolute Gasteiger partial charge is 0.128 e. The van der Waals surface area contributed by atoms with Gasteiger partial charge in [-0.25, -0.2) is 13.2 Å². The van der Waals surface area contributed by atoms with E-state index in [2.05, 4.69) is 0 Å².